The Hall–Kier alpha value is -1.88. The molecule has 1 aliphatic rings. The number of amides is 3. The maximum Gasteiger partial charge on any atom is 0.324 e. The number of carbonyl (C=O) groups excluding carboxylic acids is 2. The van der Waals surface area contributed by atoms with Gasteiger partial charge in [-0.15, -0.1) is 0 Å². The SMILES string of the molecule is CC(C)c1ccc(C(N)CN2C(=O)CNC2=O)cc1. The van der Waals surface area contributed by atoms with Crippen molar-refractivity contribution < 1.29 is 9.59 Å². The van der Waals surface area contributed by atoms with Crippen LogP contribution in [0.15, 0.2) is 24.3 Å². The van der Waals surface area contributed by atoms with Crippen LogP contribution in [0.2, 0.25) is 0 Å². The summed E-state index contributed by atoms with van der Waals surface area (Å²) in [6.07, 6.45) is 0. The lowest BCUT2D eigenvalue weighted by Gasteiger charge is -2.19. The number of imide groups is 1. The van der Waals surface area contributed by atoms with E-state index >= 15 is 0 Å². The number of nitrogens with two attached hydrogens (primary N) is 1. The molecule has 3 amide bonds. The first-order chi connectivity index (χ1) is 8.99. The van der Waals surface area contributed by atoms with Crippen LogP contribution in [-0.2, 0) is 4.79 Å². The van der Waals surface area contributed by atoms with Crippen LogP contribution >= 0.6 is 0 Å². The summed E-state index contributed by atoms with van der Waals surface area (Å²) in [6, 6.07) is 7.27. The van der Waals surface area contributed by atoms with Gasteiger partial charge in [0.05, 0.1) is 6.54 Å². The van der Waals surface area contributed by atoms with Gasteiger partial charge in [-0.1, -0.05) is 38.1 Å². The second-order valence-electron chi connectivity index (χ2n) is 5.09. The van der Waals surface area contributed by atoms with E-state index in [9.17, 15) is 9.59 Å². The van der Waals surface area contributed by atoms with Gasteiger partial charge in [-0.2, -0.15) is 0 Å². The number of urea groups is 1. The highest BCUT2D eigenvalue weighted by Gasteiger charge is 2.29. The van der Waals surface area contributed by atoms with E-state index < -0.39 is 0 Å². The highest BCUT2D eigenvalue weighted by molar-refractivity contribution is 6.01. The largest absolute Gasteiger partial charge is 0.329 e. The van der Waals surface area contributed by atoms with Crippen molar-refractivity contribution in [1.82, 2.24) is 10.2 Å². The van der Waals surface area contributed by atoms with E-state index in [1.807, 2.05) is 24.3 Å². The van der Waals surface area contributed by atoms with E-state index in [0.29, 0.717) is 5.92 Å². The van der Waals surface area contributed by atoms with Gasteiger partial charge in [0.15, 0.2) is 0 Å². The van der Waals surface area contributed by atoms with Crippen molar-refractivity contribution in [3.05, 3.63) is 35.4 Å². The molecule has 2 rings (SSSR count). The first-order valence-electron chi connectivity index (χ1n) is 6.42. The highest BCUT2D eigenvalue weighted by atomic mass is 16.2. The fraction of sp³-hybridized carbons (Fsp3) is 0.429. The van der Waals surface area contributed by atoms with Crippen molar-refractivity contribution in [1.29, 1.82) is 0 Å². The van der Waals surface area contributed by atoms with Crippen molar-refractivity contribution in [3.8, 4) is 0 Å². The molecule has 1 aromatic carbocycles. The van der Waals surface area contributed by atoms with Crippen LogP contribution in [0.1, 0.15) is 36.9 Å². The van der Waals surface area contributed by atoms with Crippen LogP contribution in [0.25, 0.3) is 0 Å². The number of benzene rings is 1. The van der Waals surface area contributed by atoms with Gasteiger partial charge in [-0.25, -0.2) is 4.79 Å². The molecule has 102 valence electrons. The quantitative estimate of drug-likeness (QED) is 0.804. The van der Waals surface area contributed by atoms with Crippen molar-refractivity contribution in [2.45, 2.75) is 25.8 Å². The van der Waals surface area contributed by atoms with Crippen molar-refractivity contribution >= 4 is 11.9 Å². The van der Waals surface area contributed by atoms with Gasteiger partial charge in [-0.05, 0) is 17.0 Å². The van der Waals surface area contributed by atoms with Gasteiger partial charge in [0, 0.05) is 12.6 Å². The van der Waals surface area contributed by atoms with Gasteiger partial charge in [0.2, 0.25) is 5.91 Å². The first-order valence-corrected chi connectivity index (χ1v) is 6.42. The van der Waals surface area contributed by atoms with Gasteiger partial charge >= 0.3 is 6.03 Å². The van der Waals surface area contributed by atoms with E-state index in [2.05, 4.69) is 19.2 Å². The zero-order chi connectivity index (χ0) is 14.0. The topological polar surface area (TPSA) is 75.4 Å². The molecule has 5 nitrogen and oxygen atoms in total. The maximum absolute atomic E-state index is 11.5. The number of nitrogens with one attached hydrogen (secondary N) is 1. The zero-order valence-electron chi connectivity index (χ0n) is 11.2. The van der Waals surface area contributed by atoms with Crippen LogP contribution in [0, 0.1) is 0 Å². The normalized spacial score (nSPS) is 16.9. The summed E-state index contributed by atoms with van der Waals surface area (Å²) < 4.78 is 0. The Labute approximate surface area is 112 Å². The second-order valence-corrected chi connectivity index (χ2v) is 5.09. The van der Waals surface area contributed by atoms with Crippen LogP contribution in [0.4, 0.5) is 4.79 Å². The minimum absolute atomic E-state index is 0.0673. The number of carbonyl (C=O) groups is 2. The molecule has 1 unspecified atom stereocenters. The minimum Gasteiger partial charge on any atom is -0.329 e. The molecule has 1 aliphatic heterocycles. The Kier molecular flexibility index (Phi) is 3.85. The van der Waals surface area contributed by atoms with Crippen LogP contribution in [0.5, 0.6) is 0 Å². The van der Waals surface area contributed by atoms with Gasteiger partial charge in [-0.3, -0.25) is 9.69 Å². The lowest BCUT2D eigenvalue weighted by Crippen LogP contribution is -2.37. The third-order valence-corrected chi connectivity index (χ3v) is 3.35. The second kappa shape index (κ2) is 5.40. The smallest absolute Gasteiger partial charge is 0.324 e. The van der Waals surface area contributed by atoms with Crippen LogP contribution in [0.3, 0.4) is 0 Å². The van der Waals surface area contributed by atoms with E-state index in [1.165, 1.54) is 10.5 Å². The lowest BCUT2D eigenvalue weighted by molar-refractivity contribution is -0.125. The molecule has 0 saturated carbocycles. The Morgan fingerprint density at radius 1 is 1.21 bits per heavy atom. The molecule has 19 heavy (non-hydrogen) atoms. The molecule has 5 heteroatoms. The van der Waals surface area contributed by atoms with Gasteiger partial charge < -0.3 is 11.1 Å². The molecule has 0 radical (unpaired) electrons. The Balaban J connectivity index is 2.05. The summed E-state index contributed by atoms with van der Waals surface area (Å²) >= 11 is 0. The third-order valence-electron chi connectivity index (χ3n) is 3.35. The molecule has 0 bridgehead atoms. The molecular weight excluding hydrogens is 242 g/mol. The fourth-order valence-electron chi connectivity index (χ4n) is 2.07. The summed E-state index contributed by atoms with van der Waals surface area (Å²) in [6.45, 7) is 4.54. The fourth-order valence-corrected chi connectivity index (χ4v) is 2.07. The molecule has 0 aromatic heterocycles. The summed E-state index contributed by atoms with van der Waals surface area (Å²) in [7, 11) is 0. The number of nitrogens with zero attached hydrogens (tertiary/aromatic N) is 1. The molecule has 1 saturated heterocycles. The average molecular weight is 261 g/mol. The van der Waals surface area contributed by atoms with E-state index in [4.69, 9.17) is 5.73 Å². The summed E-state index contributed by atoms with van der Waals surface area (Å²) in [5.74, 6) is 0.246. The number of rotatable bonds is 4. The highest BCUT2D eigenvalue weighted by Crippen LogP contribution is 2.18. The van der Waals surface area contributed by atoms with E-state index in [0.717, 1.165) is 5.56 Å². The van der Waals surface area contributed by atoms with Crippen LogP contribution in [-0.4, -0.2) is 29.9 Å². The van der Waals surface area contributed by atoms with Crippen molar-refractivity contribution in [2.24, 2.45) is 5.73 Å². The molecule has 1 fully saturated rings. The van der Waals surface area contributed by atoms with Gasteiger partial charge in [0.1, 0.15) is 0 Å². The Bertz CT molecular complexity index is 466. The Morgan fingerprint density at radius 2 is 1.79 bits per heavy atom. The summed E-state index contributed by atoms with van der Waals surface area (Å²) in [5.41, 5.74) is 8.22. The molecule has 1 heterocycles. The molecule has 0 spiro atoms. The molecule has 1 aromatic rings. The average Bonchev–Trinajstić information content (AvgIpc) is 2.70. The molecule has 3 N–H and O–H groups in total. The molecule has 0 aliphatic carbocycles. The predicted molar refractivity (Wildman–Crippen MR) is 72.6 cm³/mol. The van der Waals surface area contributed by atoms with Crippen molar-refractivity contribution in [3.63, 3.8) is 0 Å². The number of hydrogen-bond donors (Lipinski definition) is 2. The summed E-state index contributed by atoms with van der Waals surface area (Å²) in [4.78, 5) is 24.1. The zero-order valence-corrected chi connectivity index (χ0v) is 11.2. The van der Waals surface area contributed by atoms with Gasteiger partial charge in [0.25, 0.3) is 0 Å². The third kappa shape index (κ3) is 2.93. The lowest BCUT2D eigenvalue weighted by atomic mass is 9.99. The van der Waals surface area contributed by atoms with E-state index in [-0.39, 0.29) is 31.1 Å². The summed E-state index contributed by atoms with van der Waals surface area (Å²) in [5, 5.41) is 2.48. The maximum atomic E-state index is 11.5. The molecule has 1 atom stereocenters. The first kappa shape index (κ1) is 13.5. The molecular formula is C14H19N3O2. The number of hydrogen-bond acceptors (Lipinski definition) is 3. The predicted octanol–water partition coefficient (Wildman–Crippen LogP) is 1.36. The van der Waals surface area contributed by atoms with E-state index in [1.54, 1.807) is 0 Å². The Morgan fingerprint density at radius 3 is 2.26 bits per heavy atom. The minimum atomic E-state index is -0.362. The van der Waals surface area contributed by atoms with Crippen molar-refractivity contribution in [2.75, 3.05) is 13.1 Å². The monoisotopic (exact) mass is 261 g/mol. The van der Waals surface area contributed by atoms with Crippen LogP contribution < -0.4 is 11.1 Å². The standard InChI is InChI=1S/C14H19N3O2/c1-9(2)10-3-5-11(6-4-10)12(15)8-17-13(18)7-16-14(17)19/h3-6,9,12H,7-8,15H2,1-2H3,(H,16,19).